The van der Waals surface area contributed by atoms with Crippen molar-refractivity contribution in [1.82, 2.24) is 19.8 Å². The van der Waals surface area contributed by atoms with Crippen LogP contribution in [0.25, 0.3) is 0 Å². The van der Waals surface area contributed by atoms with Crippen molar-refractivity contribution in [2.45, 2.75) is 46.4 Å². The van der Waals surface area contributed by atoms with Gasteiger partial charge in [0.25, 0.3) is 0 Å². The Balaban J connectivity index is 1.59. The van der Waals surface area contributed by atoms with Gasteiger partial charge in [-0.05, 0) is 26.0 Å². The summed E-state index contributed by atoms with van der Waals surface area (Å²) in [5, 5.41) is 3.43. The Hall–Kier alpha value is -1.59. The summed E-state index contributed by atoms with van der Waals surface area (Å²) in [6, 6.07) is 2.19. The normalized spacial score (nSPS) is 15.3. The van der Waals surface area contributed by atoms with Gasteiger partial charge in [0.15, 0.2) is 0 Å². The van der Waals surface area contributed by atoms with Gasteiger partial charge in [0.05, 0.1) is 13.1 Å². The van der Waals surface area contributed by atoms with Crippen LogP contribution in [0.2, 0.25) is 0 Å². The molecule has 0 saturated carbocycles. The quantitative estimate of drug-likeness (QED) is 0.829. The highest BCUT2D eigenvalue weighted by Crippen LogP contribution is 2.19. The van der Waals surface area contributed by atoms with Crippen LogP contribution in [0.3, 0.4) is 0 Å². The van der Waals surface area contributed by atoms with Gasteiger partial charge in [-0.1, -0.05) is 6.92 Å². The van der Waals surface area contributed by atoms with Crippen LogP contribution in [-0.4, -0.2) is 27.5 Å². The Kier molecular flexibility index (Phi) is 4.41. The molecular weight excluding hydrogens is 264 g/mol. The van der Waals surface area contributed by atoms with Crippen LogP contribution >= 0.6 is 0 Å². The van der Waals surface area contributed by atoms with E-state index in [-0.39, 0.29) is 0 Å². The second-order valence-electron chi connectivity index (χ2n) is 5.72. The highest BCUT2D eigenvalue weighted by molar-refractivity contribution is 5.20. The lowest BCUT2D eigenvalue weighted by molar-refractivity contribution is 0.193. The smallest absolute Gasteiger partial charge is 0.122 e. The Bertz CT molecular complexity index is 587. The number of rotatable bonds is 6. The third-order valence-corrected chi connectivity index (χ3v) is 4.02. The highest BCUT2D eigenvalue weighted by Gasteiger charge is 2.18. The fourth-order valence-corrected chi connectivity index (χ4v) is 2.82. The maximum atomic E-state index is 5.91. The van der Waals surface area contributed by atoms with Crippen molar-refractivity contribution in [1.29, 1.82) is 0 Å². The predicted octanol–water partition coefficient (Wildman–Crippen LogP) is 2.30. The van der Waals surface area contributed by atoms with Crippen molar-refractivity contribution < 1.29 is 4.42 Å². The molecule has 0 unspecified atom stereocenters. The Morgan fingerprint density at radius 1 is 1.38 bits per heavy atom. The molecule has 0 spiro atoms. The monoisotopic (exact) mass is 288 g/mol. The van der Waals surface area contributed by atoms with Crippen LogP contribution in [0.4, 0.5) is 0 Å². The summed E-state index contributed by atoms with van der Waals surface area (Å²) in [6.07, 6.45) is 5.10. The molecular formula is C16H24N4O. The maximum Gasteiger partial charge on any atom is 0.122 e. The Labute approximate surface area is 126 Å². The number of hydrogen-bond acceptors (Lipinski definition) is 4. The van der Waals surface area contributed by atoms with Crippen LogP contribution < -0.4 is 5.32 Å². The summed E-state index contributed by atoms with van der Waals surface area (Å²) in [4.78, 5) is 6.79. The van der Waals surface area contributed by atoms with Crippen molar-refractivity contribution in [3.05, 3.63) is 41.4 Å². The number of furan rings is 1. The summed E-state index contributed by atoms with van der Waals surface area (Å²) in [5.74, 6) is 3.24. The average molecular weight is 288 g/mol. The van der Waals surface area contributed by atoms with E-state index in [9.17, 15) is 0 Å². The van der Waals surface area contributed by atoms with Crippen molar-refractivity contribution in [2.24, 2.45) is 0 Å². The summed E-state index contributed by atoms with van der Waals surface area (Å²) in [5.41, 5.74) is 1.27. The minimum absolute atomic E-state index is 0.863. The lowest BCUT2D eigenvalue weighted by Gasteiger charge is -2.26. The number of aromatic nitrogens is 2. The molecule has 0 amide bonds. The molecule has 2 aromatic rings. The SMILES string of the molecule is CCCNCc1cc(CN2CCn3ccnc3C2)oc1C. The number of aryl methyl sites for hydroxylation is 1. The molecule has 5 nitrogen and oxygen atoms in total. The first kappa shape index (κ1) is 14.4. The molecule has 0 aromatic carbocycles. The first-order valence-electron chi connectivity index (χ1n) is 7.77. The van der Waals surface area contributed by atoms with Crippen molar-refractivity contribution >= 4 is 0 Å². The number of fused-ring (bicyclic) bond motifs is 1. The summed E-state index contributed by atoms with van der Waals surface area (Å²) >= 11 is 0. The molecule has 0 atom stereocenters. The number of nitrogens with one attached hydrogen (secondary N) is 1. The van der Waals surface area contributed by atoms with E-state index in [1.807, 2.05) is 6.20 Å². The lowest BCUT2D eigenvalue weighted by Crippen LogP contribution is -2.33. The zero-order chi connectivity index (χ0) is 14.7. The van der Waals surface area contributed by atoms with Crippen LogP contribution in [0, 0.1) is 6.92 Å². The molecule has 0 aliphatic carbocycles. The van der Waals surface area contributed by atoms with Crippen LogP contribution in [-0.2, 0) is 26.2 Å². The summed E-state index contributed by atoms with van der Waals surface area (Å²) in [7, 11) is 0. The molecule has 0 fully saturated rings. The summed E-state index contributed by atoms with van der Waals surface area (Å²) in [6.45, 7) is 10.0. The zero-order valence-corrected chi connectivity index (χ0v) is 12.9. The van der Waals surface area contributed by atoms with E-state index in [2.05, 4.69) is 45.9 Å². The molecule has 114 valence electrons. The fourth-order valence-electron chi connectivity index (χ4n) is 2.82. The van der Waals surface area contributed by atoms with E-state index in [1.165, 1.54) is 5.56 Å². The second-order valence-corrected chi connectivity index (χ2v) is 5.72. The van der Waals surface area contributed by atoms with Gasteiger partial charge in [0.2, 0.25) is 0 Å². The van der Waals surface area contributed by atoms with Crippen LogP contribution in [0.1, 0.15) is 36.3 Å². The first-order valence-corrected chi connectivity index (χ1v) is 7.77. The maximum absolute atomic E-state index is 5.91. The lowest BCUT2D eigenvalue weighted by atomic mass is 10.2. The van der Waals surface area contributed by atoms with E-state index in [1.54, 1.807) is 0 Å². The standard InChI is InChI=1S/C16H24N4O/c1-3-4-17-10-14-9-15(21-13(14)2)11-19-7-8-20-6-5-18-16(20)12-19/h5-6,9,17H,3-4,7-8,10-12H2,1-2H3. The van der Waals surface area contributed by atoms with Crippen molar-refractivity contribution in [2.75, 3.05) is 13.1 Å². The topological polar surface area (TPSA) is 46.2 Å². The molecule has 1 aliphatic heterocycles. The molecule has 2 aromatic heterocycles. The van der Waals surface area contributed by atoms with Crippen LogP contribution in [0.5, 0.6) is 0 Å². The van der Waals surface area contributed by atoms with Gasteiger partial charge in [-0.25, -0.2) is 4.98 Å². The van der Waals surface area contributed by atoms with Crippen molar-refractivity contribution in [3.8, 4) is 0 Å². The van der Waals surface area contributed by atoms with E-state index in [0.29, 0.717) is 0 Å². The minimum atomic E-state index is 0.863. The van der Waals surface area contributed by atoms with E-state index in [4.69, 9.17) is 4.42 Å². The van der Waals surface area contributed by atoms with Crippen LogP contribution in [0.15, 0.2) is 22.9 Å². The van der Waals surface area contributed by atoms with E-state index >= 15 is 0 Å². The van der Waals surface area contributed by atoms with Gasteiger partial charge in [-0.15, -0.1) is 0 Å². The van der Waals surface area contributed by atoms with Gasteiger partial charge in [0, 0.05) is 37.6 Å². The molecule has 21 heavy (non-hydrogen) atoms. The zero-order valence-electron chi connectivity index (χ0n) is 12.9. The second kappa shape index (κ2) is 6.45. The third-order valence-electron chi connectivity index (χ3n) is 4.02. The van der Waals surface area contributed by atoms with E-state index in [0.717, 1.165) is 63.0 Å². The molecule has 0 saturated heterocycles. The number of nitrogens with zero attached hydrogens (tertiary/aromatic N) is 3. The molecule has 3 rings (SSSR count). The Morgan fingerprint density at radius 3 is 3.14 bits per heavy atom. The van der Waals surface area contributed by atoms with Gasteiger partial charge in [-0.2, -0.15) is 0 Å². The van der Waals surface area contributed by atoms with Gasteiger partial charge in [0.1, 0.15) is 17.3 Å². The molecule has 0 radical (unpaired) electrons. The molecule has 1 aliphatic rings. The third kappa shape index (κ3) is 3.36. The van der Waals surface area contributed by atoms with Crippen molar-refractivity contribution in [3.63, 3.8) is 0 Å². The predicted molar refractivity (Wildman–Crippen MR) is 81.8 cm³/mol. The van der Waals surface area contributed by atoms with E-state index < -0.39 is 0 Å². The average Bonchev–Trinajstić information content (AvgIpc) is 3.06. The number of imidazole rings is 1. The number of hydrogen-bond donors (Lipinski definition) is 1. The molecule has 1 N–H and O–H groups in total. The largest absolute Gasteiger partial charge is 0.465 e. The van der Waals surface area contributed by atoms with Gasteiger partial charge >= 0.3 is 0 Å². The first-order chi connectivity index (χ1) is 10.3. The molecule has 3 heterocycles. The minimum Gasteiger partial charge on any atom is -0.465 e. The summed E-state index contributed by atoms with van der Waals surface area (Å²) < 4.78 is 8.13. The fraction of sp³-hybridized carbons (Fsp3) is 0.562. The molecule has 5 heteroatoms. The van der Waals surface area contributed by atoms with Gasteiger partial charge in [-0.3, -0.25) is 4.90 Å². The van der Waals surface area contributed by atoms with Gasteiger partial charge < -0.3 is 14.3 Å². The molecule has 0 bridgehead atoms. The highest BCUT2D eigenvalue weighted by atomic mass is 16.3. The Morgan fingerprint density at radius 2 is 2.29 bits per heavy atom.